The Morgan fingerprint density at radius 2 is 2.22 bits per heavy atom. The van der Waals surface area contributed by atoms with E-state index >= 15 is 0 Å². The van der Waals surface area contributed by atoms with E-state index in [1.807, 2.05) is 25.1 Å². The van der Waals surface area contributed by atoms with Crippen LogP contribution in [0.2, 0.25) is 0 Å². The molecule has 0 radical (unpaired) electrons. The van der Waals surface area contributed by atoms with Gasteiger partial charge in [0.25, 0.3) is 0 Å². The number of nitrogens with one attached hydrogen (secondary N) is 1. The first-order valence-corrected chi connectivity index (χ1v) is 7.55. The molecule has 98 valence electrons. The number of sulfonamides is 1. The van der Waals surface area contributed by atoms with Gasteiger partial charge in [0.1, 0.15) is 5.52 Å². The van der Waals surface area contributed by atoms with Crippen molar-refractivity contribution in [2.75, 3.05) is 12.3 Å². The van der Waals surface area contributed by atoms with Crippen LogP contribution in [0.3, 0.4) is 0 Å². The maximum Gasteiger partial charge on any atom is 0.211 e. The van der Waals surface area contributed by atoms with Crippen molar-refractivity contribution in [3.05, 3.63) is 30.2 Å². The molecule has 0 saturated heterocycles. The molecule has 2 aromatic rings. The van der Waals surface area contributed by atoms with E-state index in [2.05, 4.69) is 9.71 Å². The predicted octanol–water partition coefficient (Wildman–Crippen LogP) is 1.70. The molecule has 0 spiro atoms. The van der Waals surface area contributed by atoms with Crippen molar-refractivity contribution in [1.29, 1.82) is 0 Å². The normalized spacial score (nSPS) is 12.1. The van der Waals surface area contributed by atoms with Crippen LogP contribution in [0.4, 0.5) is 0 Å². The molecular weight excluding hydrogens is 252 g/mol. The number of oxazole rings is 1. The van der Waals surface area contributed by atoms with Crippen LogP contribution >= 0.6 is 0 Å². The molecule has 2 rings (SSSR count). The van der Waals surface area contributed by atoms with Crippen LogP contribution in [-0.2, 0) is 16.4 Å². The van der Waals surface area contributed by atoms with Gasteiger partial charge in [-0.15, -0.1) is 0 Å². The lowest BCUT2D eigenvalue weighted by Crippen LogP contribution is -2.28. The molecule has 1 aromatic heterocycles. The lowest BCUT2D eigenvalue weighted by molar-refractivity contribution is 0.580. The first-order chi connectivity index (χ1) is 8.61. The largest absolute Gasteiger partial charge is 0.443 e. The molecule has 1 aromatic carbocycles. The Morgan fingerprint density at radius 3 is 3.00 bits per heavy atom. The van der Waals surface area contributed by atoms with Gasteiger partial charge in [0.2, 0.25) is 10.0 Å². The van der Waals surface area contributed by atoms with Crippen molar-refractivity contribution < 1.29 is 12.8 Å². The van der Waals surface area contributed by atoms with Gasteiger partial charge < -0.3 is 4.42 Å². The van der Waals surface area contributed by atoms with Gasteiger partial charge in [0.05, 0.1) is 5.75 Å². The Balaban J connectivity index is 1.94. The summed E-state index contributed by atoms with van der Waals surface area (Å²) >= 11 is 0. The van der Waals surface area contributed by atoms with Crippen LogP contribution in [0.5, 0.6) is 0 Å². The van der Waals surface area contributed by atoms with E-state index in [0.717, 1.165) is 16.7 Å². The molecule has 0 aliphatic carbocycles. The molecule has 1 N–H and O–H groups in total. The molecule has 0 aliphatic heterocycles. The quantitative estimate of drug-likeness (QED) is 0.865. The van der Waals surface area contributed by atoms with Crippen LogP contribution in [0.1, 0.15) is 18.9 Å². The molecule has 0 atom stereocenters. The Kier molecular flexibility index (Phi) is 3.98. The Morgan fingerprint density at radius 1 is 1.39 bits per heavy atom. The molecule has 5 nitrogen and oxygen atoms in total. The second kappa shape index (κ2) is 5.49. The predicted molar refractivity (Wildman–Crippen MR) is 69.8 cm³/mol. The van der Waals surface area contributed by atoms with Gasteiger partial charge in [-0.25, -0.2) is 18.1 Å². The van der Waals surface area contributed by atoms with Crippen molar-refractivity contribution in [3.63, 3.8) is 0 Å². The van der Waals surface area contributed by atoms with Crippen LogP contribution in [0.15, 0.2) is 29.0 Å². The highest BCUT2D eigenvalue weighted by Crippen LogP contribution is 2.14. The van der Waals surface area contributed by atoms with Gasteiger partial charge in [-0.05, 0) is 30.5 Å². The van der Waals surface area contributed by atoms with Gasteiger partial charge in [-0.1, -0.05) is 13.0 Å². The van der Waals surface area contributed by atoms with Crippen molar-refractivity contribution in [2.24, 2.45) is 0 Å². The number of aromatic nitrogens is 1. The van der Waals surface area contributed by atoms with Gasteiger partial charge in [0, 0.05) is 6.54 Å². The second-order valence-corrected chi connectivity index (χ2v) is 6.04. The van der Waals surface area contributed by atoms with Crippen molar-refractivity contribution in [3.8, 4) is 0 Å². The van der Waals surface area contributed by atoms with Gasteiger partial charge >= 0.3 is 0 Å². The van der Waals surface area contributed by atoms with Crippen LogP contribution in [-0.4, -0.2) is 25.7 Å². The number of nitrogens with zero attached hydrogens (tertiary/aromatic N) is 1. The van der Waals surface area contributed by atoms with E-state index in [1.54, 1.807) is 0 Å². The molecular formula is C12H16N2O3S. The molecule has 0 bridgehead atoms. The zero-order valence-electron chi connectivity index (χ0n) is 10.2. The van der Waals surface area contributed by atoms with E-state index in [-0.39, 0.29) is 5.75 Å². The van der Waals surface area contributed by atoms with Gasteiger partial charge in [-0.3, -0.25) is 0 Å². The molecule has 6 heteroatoms. The highest BCUT2D eigenvalue weighted by molar-refractivity contribution is 7.89. The van der Waals surface area contributed by atoms with Crippen LogP contribution in [0.25, 0.3) is 11.1 Å². The third kappa shape index (κ3) is 3.30. The molecule has 0 saturated carbocycles. The smallest absolute Gasteiger partial charge is 0.211 e. The summed E-state index contributed by atoms with van der Waals surface area (Å²) in [6.07, 6.45) is 2.67. The van der Waals surface area contributed by atoms with E-state index in [9.17, 15) is 8.42 Å². The highest BCUT2D eigenvalue weighted by Gasteiger charge is 2.07. The Labute approximate surface area is 106 Å². The molecule has 18 heavy (non-hydrogen) atoms. The second-order valence-electron chi connectivity index (χ2n) is 4.12. The Hall–Kier alpha value is -1.40. The summed E-state index contributed by atoms with van der Waals surface area (Å²) in [7, 11) is -3.12. The topological polar surface area (TPSA) is 72.2 Å². The van der Waals surface area contributed by atoms with E-state index < -0.39 is 10.0 Å². The third-order valence-corrected chi connectivity index (χ3v) is 4.19. The van der Waals surface area contributed by atoms with Crippen molar-refractivity contribution >= 4 is 21.1 Å². The monoisotopic (exact) mass is 268 g/mol. The summed E-state index contributed by atoms with van der Waals surface area (Å²) < 4.78 is 30.6. The fraction of sp³-hybridized carbons (Fsp3) is 0.417. The number of benzene rings is 1. The van der Waals surface area contributed by atoms with E-state index in [1.165, 1.54) is 6.39 Å². The SMILES string of the molecule is CCCS(=O)(=O)NCCc1ccc2ocnc2c1. The fourth-order valence-corrected chi connectivity index (χ4v) is 2.85. The molecule has 0 unspecified atom stereocenters. The van der Waals surface area contributed by atoms with Crippen molar-refractivity contribution in [1.82, 2.24) is 9.71 Å². The van der Waals surface area contributed by atoms with Crippen molar-refractivity contribution in [2.45, 2.75) is 19.8 Å². The standard InChI is InChI=1S/C12H16N2O3S/c1-2-7-18(15,16)14-6-5-10-3-4-12-11(8-10)13-9-17-12/h3-4,8-9,14H,2,5-7H2,1H3. The maximum atomic E-state index is 11.5. The minimum Gasteiger partial charge on any atom is -0.443 e. The summed E-state index contributed by atoms with van der Waals surface area (Å²) in [6, 6.07) is 5.67. The summed E-state index contributed by atoms with van der Waals surface area (Å²) in [5.41, 5.74) is 2.57. The van der Waals surface area contributed by atoms with E-state index in [0.29, 0.717) is 19.4 Å². The number of fused-ring (bicyclic) bond motifs is 1. The summed E-state index contributed by atoms with van der Waals surface area (Å²) in [4.78, 5) is 4.06. The zero-order valence-corrected chi connectivity index (χ0v) is 11.0. The zero-order chi connectivity index (χ0) is 13.0. The highest BCUT2D eigenvalue weighted by atomic mass is 32.2. The van der Waals surface area contributed by atoms with Gasteiger partial charge in [0.15, 0.2) is 12.0 Å². The fourth-order valence-electron chi connectivity index (χ4n) is 1.75. The molecule has 0 aliphatic rings. The summed E-state index contributed by atoms with van der Waals surface area (Å²) in [5, 5.41) is 0. The average molecular weight is 268 g/mol. The number of hydrogen-bond acceptors (Lipinski definition) is 4. The number of hydrogen-bond donors (Lipinski definition) is 1. The van der Waals surface area contributed by atoms with Gasteiger partial charge in [-0.2, -0.15) is 0 Å². The number of rotatable bonds is 6. The lowest BCUT2D eigenvalue weighted by atomic mass is 10.1. The first kappa shape index (κ1) is 13.0. The third-order valence-electron chi connectivity index (χ3n) is 2.60. The summed E-state index contributed by atoms with van der Waals surface area (Å²) in [5.74, 6) is 0.176. The van der Waals surface area contributed by atoms with Crippen LogP contribution in [0, 0.1) is 0 Å². The maximum absolute atomic E-state index is 11.5. The first-order valence-electron chi connectivity index (χ1n) is 5.90. The molecule has 0 fully saturated rings. The Bertz CT molecular complexity index is 619. The van der Waals surface area contributed by atoms with Crippen LogP contribution < -0.4 is 4.72 Å². The summed E-state index contributed by atoms with van der Waals surface area (Å²) in [6.45, 7) is 2.25. The average Bonchev–Trinajstić information content (AvgIpc) is 2.75. The van der Waals surface area contributed by atoms with E-state index in [4.69, 9.17) is 4.42 Å². The molecule has 0 amide bonds. The molecule has 1 heterocycles. The minimum atomic E-state index is -3.12. The minimum absolute atomic E-state index is 0.176. The lowest BCUT2D eigenvalue weighted by Gasteiger charge is -2.05.